The Hall–Kier alpha value is -1.54. The number of methoxy groups -OCH3 is 1. The quantitative estimate of drug-likeness (QED) is 0.333. The minimum Gasteiger partial charge on any atom is -0.741 e. The molecular weight excluding hydrogens is 303 g/mol. The molecule has 0 N–H and O–H groups in total. The van der Waals surface area contributed by atoms with Gasteiger partial charge in [0.15, 0.2) is 15.1 Å². The number of piperidine rings is 1. The van der Waals surface area contributed by atoms with E-state index >= 15 is 0 Å². The molecule has 0 aromatic rings. The van der Waals surface area contributed by atoms with Crippen LogP contribution in [-0.2, 0) is 14.9 Å². The van der Waals surface area contributed by atoms with Gasteiger partial charge in [-0.1, -0.05) is 0 Å². The molecule has 1 aliphatic rings. The summed E-state index contributed by atoms with van der Waals surface area (Å²) in [7, 11) is -4.50. The summed E-state index contributed by atoms with van der Waals surface area (Å²) < 4.78 is 64.0. The van der Waals surface area contributed by atoms with Crippen LogP contribution >= 0.6 is 0 Å². The van der Waals surface area contributed by atoms with Gasteiger partial charge in [-0.25, -0.2) is 8.42 Å². The minimum absolute atomic E-state index is 0.650. The molecule has 0 amide bonds. The first-order valence-electron chi connectivity index (χ1n) is 5.49. The van der Waals surface area contributed by atoms with Gasteiger partial charge in [0.25, 0.3) is 5.88 Å². The number of halogens is 3. The molecule has 1 aliphatic heterocycles. The zero-order chi connectivity index (χ0) is 15.8. The molecule has 0 unspecified atom stereocenters. The Bertz CT molecular complexity index is 464. The number of hydrogen-bond acceptors (Lipinski definition) is 6. The molecule has 0 atom stereocenters. The molecule has 1 saturated heterocycles. The Kier molecular flexibility index (Phi) is 7.30. The molecule has 0 aromatic heterocycles. The van der Waals surface area contributed by atoms with Crippen molar-refractivity contribution in [1.29, 1.82) is 5.39 Å². The lowest BCUT2D eigenvalue weighted by molar-refractivity contribution is -0.0517. The molecule has 1 fully saturated rings. The molecule has 1 heterocycles. The van der Waals surface area contributed by atoms with Crippen molar-refractivity contribution in [2.75, 3.05) is 20.2 Å². The maximum Gasteiger partial charge on any atom is 0.485 e. The highest BCUT2D eigenvalue weighted by molar-refractivity contribution is 7.86. The van der Waals surface area contributed by atoms with E-state index in [9.17, 15) is 13.2 Å². The van der Waals surface area contributed by atoms with E-state index in [1.807, 2.05) is 0 Å². The summed E-state index contributed by atoms with van der Waals surface area (Å²) in [6, 6.07) is 0. The van der Waals surface area contributed by atoms with Crippen LogP contribution in [0.25, 0.3) is 4.98 Å². The Morgan fingerprint density at radius 1 is 1.35 bits per heavy atom. The third-order valence-electron chi connectivity index (χ3n) is 2.33. The third kappa shape index (κ3) is 6.58. The van der Waals surface area contributed by atoms with Crippen molar-refractivity contribution in [3.05, 3.63) is 17.1 Å². The molecule has 0 aliphatic carbocycles. The maximum atomic E-state index is 10.7. The number of hydrogen-bond donors (Lipinski definition) is 0. The van der Waals surface area contributed by atoms with Crippen LogP contribution in [0.3, 0.4) is 0 Å². The van der Waals surface area contributed by atoms with Crippen LogP contribution in [0.4, 0.5) is 13.2 Å². The summed E-state index contributed by atoms with van der Waals surface area (Å²) >= 11 is 0. The maximum absolute atomic E-state index is 10.7. The highest BCUT2D eigenvalue weighted by atomic mass is 32.2. The minimum atomic E-state index is -6.09. The first kappa shape index (κ1) is 18.5. The Morgan fingerprint density at radius 3 is 2.10 bits per heavy atom. The number of likely N-dealkylation sites (tertiary alicyclic amines) is 1. The van der Waals surface area contributed by atoms with E-state index in [1.54, 1.807) is 7.11 Å². The fourth-order valence-electron chi connectivity index (χ4n) is 1.43. The van der Waals surface area contributed by atoms with Gasteiger partial charge >= 0.3 is 11.7 Å². The topological polar surface area (TPSA) is 97.8 Å². The van der Waals surface area contributed by atoms with Crippen molar-refractivity contribution in [2.24, 2.45) is 0 Å². The molecule has 0 bridgehead atoms. The van der Waals surface area contributed by atoms with Crippen molar-refractivity contribution in [3.63, 3.8) is 0 Å². The van der Waals surface area contributed by atoms with E-state index in [2.05, 4.69) is 9.88 Å². The van der Waals surface area contributed by atoms with Crippen LogP contribution in [0.2, 0.25) is 0 Å². The SMILES string of the molecule is CO/C(=C/[N+]#N)N1CCCCC1.O=S(=O)([O-])C(F)(F)F. The molecule has 0 saturated carbocycles. The van der Waals surface area contributed by atoms with E-state index < -0.39 is 15.6 Å². The van der Waals surface area contributed by atoms with Gasteiger partial charge in [-0.3, -0.25) is 0 Å². The standard InChI is InChI=1S/C8H14N3O.CHF3O3S/c1-12-8(7-10-9)11-5-3-2-4-6-11;2-1(3,4)8(5,6)7/h7H,2-6H2,1H3;(H,5,6,7)/q+1;/p-1/b8-7+;. The average Bonchev–Trinajstić information content (AvgIpc) is 2.35. The van der Waals surface area contributed by atoms with Gasteiger partial charge in [0.05, 0.1) is 7.11 Å². The monoisotopic (exact) mass is 317 g/mol. The number of diazo groups is 1. The summed E-state index contributed by atoms with van der Waals surface area (Å²) in [6.45, 7) is 1.99. The van der Waals surface area contributed by atoms with Crippen LogP contribution in [0.5, 0.6) is 0 Å². The Labute approximate surface area is 114 Å². The smallest absolute Gasteiger partial charge is 0.485 e. The van der Waals surface area contributed by atoms with E-state index in [0.717, 1.165) is 13.1 Å². The van der Waals surface area contributed by atoms with Crippen LogP contribution < -0.4 is 0 Å². The second-order valence-corrected chi connectivity index (χ2v) is 5.11. The Balaban J connectivity index is 0.000000396. The molecule has 0 radical (unpaired) electrons. The molecule has 1 rings (SSSR count). The zero-order valence-corrected chi connectivity index (χ0v) is 11.4. The molecule has 0 aromatic carbocycles. The van der Waals surface area contributed by atoms with Gasteiger partial charge in [0, 0.05) is 13.1 Å². The fourth-order valence-corrected chi connectivity index (χ4v) is 1.43. The number of ether oxygens (including phenoxy) is 1. The van der Waals surface area contributed by atoms with Crippen LogP contribution in [0, 0.1) is 5.39 Å². The molecular formula is C9H14F3N3O4S. The van der Waals surface area contributed by atoms with Crippen molar-refractivity contribution < 1.29 is 30.9 Å². The lowest BCUT2D eigenvalue weighted by atomic mass is 10.1. The molecule has 0 spiro atoms. The lowest BCUT2D eigenvalue weighted by Crippen LogP contribution is -2.29. The van der Waals surface area contributed by atoms with Gasteiger partial charge in [-0.2, -0.15) is 13.2 Å². The summed E-state index contributed by atoms with van der Waals surface area (Å²) in [6.07, 6.45) is 4.99. The first-order valence-corrected chi connectivity index (χ1v) is 6.89. The summed E-state index contributed by atoms with van der Waals surface area (Å²) in [5, 5.41) is 8.34. The second-order valence-electron chi connectivity index (χ2n) is 3.73. The van der Waals surface area contributed by atoms with Crippen molar-refractivity contribution in [3.8, 4) is 0 Å². The zero-order valence-electron chi connectivity index (χ0n) is 10.6. The highest BCUT2D eigenvalue weighted by Gasteiger charge is 2.36. The van der Waals surface area contributed by atoms with Crippen LogP contribution in [0.1, 0.15) is 19.3 Å². The summed E-state index contributed by atoms with van der Waals surface area (Å²) in [5.74, 6) is 0.650. The second kappa shape index (κ2) is 7.91. The van der Waals surface area contributed by atoms with E-state index in [0.29, 0.717) is 5.88 Å². The molecule has 11 heteroatoms. The predicted molar refractivity (Wildman–Crippen MR) is 61.4 cm³/mol. The van der Waals surface area contributed by atoms with Gasteiger partial charge in [-0.15, -0.1) is 0 Å². The summed E-state index contributed by atoms with van der Waals surface area (Å²) in [5.41, 5.74) is -5.65. The number of alkyl halides is 3. The van der Waals surface area contributed by atoms with Crippen LogP contribution in [0.15, 0.2) is 12.1 Å². The van der Waals surface area contributed by atoms with E-state index in [-0.39, 0.29) is 0 Å². The molecule has 116 valence electrons. The predicted octanol–water partition coefficient (Wildman–Crippen LogP) is 1.82. The average molecular weight is 317 g/mol. The normalized spacial score (nSPS) is 16.8. The number of rotatable bonds is 2. The highest BCUT2D eigenvalue weighted by Crippen LogP contribution is 2.20. The van der Waals surface area contributed by atoms with E-state index in [1.165, 1.54) is 25.5 Å². The van der Waals surface area contributed by atoms with E-state index in [4.69, 9.17) is 23.1 Å². The van der Waals surface area contributed by atoms with Gasteiger partial charge in [0.1, 0.15) is 0 Å². The van der Waals surface area contributed by atoms with Crippen molar-refractivity contribution in [1.82, 2.24) is 4.90 Å². The molecule has 7 nitrogen and oxygen atoms in total. The molecule has 20 heavy (non-hydrogen) atoms. The van der Waals surface area contributed by atoms with Gasteiger partial charge in [-0.05, 0) is 19.3 Å². The van der Waals surface area contributed by atoms with Gasteiger partial charge in [0.2, 0.25) is 5.39 Å². The van der Waals surface area contributed by atoms with Crippen molar-refractivity contribution >= 4 is 10.1 Å². The third-order valence-corrected chi connectivity index (χ3v) is 2.90. The Morgan fingerprint density at radius 2 is 1.80 bits per heavy atom. The number of nitrogens with zero attached hydrogens (tertiary/aromatic N) is 3. The van der Waals surface area contributed by atoms with Crippen molar-refractivity contribution in [2.45, 2.75) is 24.8 Å². The first-order chi connectivity index (χ1) is 9.13. The lowest BCUT2D eigenvalue weighted by Gasteiger charge is -2.27. The fraction of sp³-hybridized carbons (Fsp3) is 0.778. The van der Waals surface area contributed by atoms with Gasteiger partial charge < -0.3 is 14.2 Å². The van der Waals surface area contributed by atoms with Crippen LogP contribution in [-0.4, -0.2) is 43.6 Å². The summed E-state index contributed by atoms with van der Waals surface area (Å²) in [4.78, 5) is 5.04. The largest absolute Gasteiger partial charge is 0.741 e.